The van der Waals surface area contributed by atoms with Gasteiger partial charge in [-0.25, -0.2) is 0 Å². The van der Waals surface area contributed by atoms with Crippen LogP contribution in [0.1, 0.15) is 12.5 Å². The number of ether oxygens (including phenoxy) is 2. The molecule has 0 aliphatic rings. The Morgan fingerprint density at radius 2 is 2.09 bits per heavy atom. The van der Waals surface area contributed by atoms with Gasteiger partial charge >= 0.3 is 0 Å². The van der Waals surface area contributed by atoms with E-state index in [1.54, 1.807) is 25.9 Å². The van der Waals surface area contributed by atoms with Gasteiger partial charge < -0.3 is 20.1 Å². The predicted molar refractivity (Wildman–Crippen MR) is 111 cm³/mol. The molecular formula is C15H25ClIN3O2S. The summed E-state index contributed by atoms with van der Waals surface area (Å²) in [6.45, 7) is 3.92. The average Bonchev–Trinajstić information content (AvgIpc) is 2.52. The molecule has 0 unspecified atom stereocenters. The number of nitrogens with zero attached hydrogens (tertiary/aromatic N) is 1. The Balaban J connectivity index is 0.00000484. The molecule has 5 nitrogen and oxygen atoms in total. The van der Waals surface area contributed by atoms with Crippen molar-refractivity contribution in [3.05, 3.63) is 22.7 Å². The molecule has 8 heteroatoms. The Kier molecular flexibility index (Phi) is 12.5. The van der Waals surface area contributed by atoms with Gasteiger partial charge in [0.15, 0.2) is 17.5 Å². The van der Waals surface area contributed by atoms with Crippen molar-refractivity contribution in [1.82, 2.24) is 10.6 Å². The maximum absolute atomic E-state index is 6.26. The standard InChI is InChI=1S/C15H24ClN3O2S.HI/c1-5-21-14-12(16)8-11(9-13(14)20-3)10-19-15(17-2)18-6-7-22-4;/h8-9H,5-7,10H2,1-4H3,(H2,17,18,19);1H. The van der Waals surface area contributed by atoms with Crippen LogP contribution in [0, 0.1) is 0 Å². The molecule has 2 N–H and O–H groups in total. The van der Waals surface area contributed by atoms with Crippen LogP contribution in [-0.2, 0) is 6.54 Å². The molecule has 1 rings (SSSR count). The topological polar surface area (TPSA) is 54.9 Å². The highest BCUT2D eigenvalue weighted by molar-refractivity contribution is 14.0. The van der Waals surface area contributed by atoms with E-state index in [0.29, 0.717) is 29.7 Å². The molecule has 0 saturated carbocycles. The number of aliphatic imine (C=N–C) groups is 1. The first-order valence-electron chi connectivity index (χ1n) is 7.08. The van der Waals surface area contributed by atoms with Crippen LogP contribution in [0.25, 0.3) is 0 Å². The number of methoxy groups -OCH3 is 1. The zero-order chi connectivity index (χ0) is 16.4. The lowest BCUT2D eigenvalue weighted by atomic mass is 10.2. The Labute approximate surface area is 165 Å². The average molecular weight is 474 g/mol. The van der Waals surface area contributed by atoms with Gasteiger partial charge in [-0.1, -0.05) is 11.6 Å². The van der Waals surface area contributed by atoms with Crippen molar-refractivity contribution < 1.29 is 9.47 Å². The highest BCUT2D eigenvalue weighted by atomic mass is 127. The molecule has 0 bridgehead atoms. The fourth-order valence-corrected chi connectivity index (χ4v) is 2.43. The quantitative estimate of drug-likeness (QED) is 0.262. The predicted octanol–water partition coefficient (Wildman–Crippen LogP) is 3.39. The Morgan fingerprint density at radius 1 is 1.35 bits per heavy atom. The fraction of sp³-hybridized carbons (Fsp3) is 0.533. The summed E-state index contributed by atoms with van der Waals surface area (Å²) in [7, 11) is 3.36. The Hall–Kier alpha value is -0.540. The minimum Gasteiger partial charge on any atom is -0.493 e. The van der Waals surface area contributed by atoms with E-state index in [9.17, 15) is 0 Å². The van der Waals surface area contributed by atoms with Crippen LogP contribution in [0.5, 0.6) is 11.5 Å². The first-order chi connectivity index (χ1) is 10.7. The fourth-order valence-electron chi connectivity index (χ4n) is 1.84. The number of benzene rings is 1. The summed E-state index contributed by atoms with van der Waals surface area (Å²) in [4.78, 5) is 4.18. The molecular weight excluding hydrogens is 449 g/mol. The van der Waals surface area contributed by atoms with E-state index in [2.05, 4.69) is 21.9 Å². The number of hydrogen-bond acceptors (Lipinski definition) is 4. The van der Waals surface area contributed by atoms with Crippen LogP contribution >= 0.6 is 47.3 Å². The maximum Gasteiger partial charge on any atom is 0.191 e. The molecule has 132 valence electrons. The molecule has 0 heterocycles. The molecule has 23 heavy (non-hydrogen) atoms. The minimum atomic E-state index is 0. The van der Waals surface area contributed by atoms with E-state index in [1.165, 1.54) is 0 Å². The molecule has 0 fully saturated rings. The third-order valence-electron chi connectivity index (χ3n) is 2.86. The second-order valence-electron chi connectivity index (χ2n) is 4.39. The van der Waals surface area contributed by atoms with Crippen LogP contribution in [0.4, 0.5) is 0 Å². The molecule has 0 radical (unpaired) electrons. The number of thioether (sulfide) groups is 1. The summed E-state index contributed by atoms with van der Waals surface area (Å²) in [5, 5.41) is 7.04. The van der Waals surface area contributed by atoms with Crippen LogP contribution in [-0.4, -0.2) is 45.3 Å². The van der Waals surface area contributed by atoms with Crippen LogP contribution in [0.3, 0.4) is 0 Å². The molecule has 0 spiro atoms. The maximum atomic E-state index is 6.26. The van der Waals surface area contributed by atoms with E-state index < -0.39 is 0 Å². The highest BCUT2D eigenvalue weighted by Crippen LogP contribution is 2.36. The van der Waals surface area contributed by atoms with Crippen molar-refractivity contribution in [2.45, 2.75) is 13.5 Å². The Morgan fingerprint density at radius 3 is 2.65 bits per heavy atom. The van der Waals surface area contributed by atoms with Gasteiger partial charge in [-0.2, -0.15) is 11.8 Å². The van der Waals surface area contributed by atoms with Gasteiger partial charge in [0.05, 0.1) is 18.7 Å². The summed E-state index contributed by atoms with van der Waals surface area (Å²) in [5.41, 5.74) is 0.998. The number of nitrogens with one attached hydrogen (secondary N) is 2. The third kappa shape index (κ3) is 7.71. The SMILES string of the molecule is CCOc1c(Cl)cc(CNC(=NC)NCCSC)cc1OC.I. The summed E-state index contributed by atoms with van der Waals surface area (Å²) in [6, 6.07) is 3.79. The van der Waals surface area contributed by atoms with Crippen molar-refractivity contribution in [2.24, 2.45) is 4.99 Å². The van der Waals surface area contributed by atoms with Gasteiger partial charge in [-0.15, -0.1) is 24.0 Å². The van der Waals surface area contributed by atoms with Gasteiger partial charge in [0.2, 0.25) is 0 Å². The van der Waals surface area contributed by atoms with Crippen molar-refractivity contribution in [1.29, 1.82) is 0 Å². The summed E-state index contributed by atoms with van der Waals surface area (Å²) in [5.74, 6) is 3.01. The van der Waals surface area contributed by atoms with Gasteiger partial charge in [-0.05, 0) is 30.9 Å². The minimum absolute atomic E-state index is 0. The molecule has 1 aromatic rings. The lowest BCUT2D eigenvalue weighted by molar-refractivity contribution is 0.311. The third-order valence-corrected chi connectivity index (χ3v) is 3.75. The number of guanidine groups is 1. The van der Waals surface area contributed by atoms with Crippen LogP contribution in [0.15, 0.2) is 17.1 Å². The second-order valence-corrected chi connectivity index (χ2v) is 5.78. The molecule has 0 amide bonds. The molecule has 0 aromatic heterocycles. The van der Waals surface area contributed by atoms with Gasteiger partial charge in [-0.3, -0.25) is 4.99 Å². The largest absolute Gasteiger partial charge is 0.493 e. The van der Waals surface area contributed by atoms with Crippen molar-refractivity contribution in [3.63, 3.8) is 0 Å². The lowest BCUT2D eigenvalue weighted by Gasteiger charge is -2.15. The molecule has 0 aliphatic carbocycles. The van der Waals surface area contributed by atoms with E-state index >= 15 is 0 Å². The first kappa shape index (κ1) is 22.5. The molecule has 0 aliphatic heterocycles. The van der Waals surface area contributed by atoms with E-state index in [1.807, 2.05) is 19.1 Å². The van der Waals surface area contributed by atoms with E-state index in [4.69, 9.17) is 21.1 Å². The normalized spacial score (nSPS) is 10.7. The van der Waals surface area contributed by atoms with Crippen molar-refractivity contribution in [3.8, 4) is 11.5 Å². The van der Waals surface area contributed by atoms with Crippen LogP contribution in [0.2, 0.25) is 5.02 Å². The monoisotopic (exact) mass is 473 g/mol. The lowest BCUT2D eigenvalue weighted by Crippen LogP contribution is -2.37. The summed E-state index contributed by atoms with van der Waals surface area (Å²) < 4.78 is 10.9. The van der Waals surface area contributed by atoms with E-state index in [0.717, 1.165) is 23.8 Å². The number of hydrogen-bond donors (Lipinski definition) is 2. The second kappa shape index (κ2) is 12.8. The number of rotatable bonds is 8. The first-order valence-corrected chi connectivity index (χ1v) is 8.86. The summed E-state index contributed by atoms with van der Waals surface area (Å²) in [6.07, 6.45) is 2.08. The van der Waals surface area contributed by atoms with Gasteiger partial charge in [0.1, 0.15) is 0 Å². The zero-order valence-corrected chi connectivity index (χ0v) is 17.8. The molecule has 0 saturated heterocycles. The van der Waals surface area contributed by atoms with Crippen molar-refractivity contribution >= 4 is 53.3 Å². The molecule has 1 aromatic carbocycles. The Bertz CT molecular complexity index is 504. The molecule has 0 atom stereocenters. The van der Waals surface area contributed by atoms with Gasteiger partial charge in [0.25, 0.3) is 0 Å². The zero-order valence-electron chi connectivity index (χ0n) is 13.9. The van der Waals surface area contributed by atoms with E-state index in [-0.39, 0.29) is 24.0 Å². The smallest absolute Gasteiger partial charge is 0.191 e. The highest BCUT2D eigenvalue weighted by Gasteiger charge is 2.11. The summed E-state index contributed by atoms with van der Waals surface area (Å²) >= 11 is 8.05. The van der Waals surface area contributed by atoms with Gasteiger partial charge in [0, 0.05) is 25.9 Å². The van der Waals surface area contributed by atoms with Crippen LogP contribution < -0.4 is 20.1 Å². The van der Waals surface area contributed by atoms with Crippen molar-refractivity contribution in [2.75, 3.05) is 39.3 Å². The number of halogens is 2.